The summed E-state index contributed by atoms with van der Waals surface area (Å²) in [5.74, 6) is -0.575. The van der Waals surface area contributed by atoms with Gasteiger partial charge in [0.25, 0.3) is 0 Å². The number of halogens is 4. The van der Waals surface area contributed by atoms with Gasteiger partial charge in [-0.1, -0.05) is 23.8 Å². The van der Waals surface area contributed by atoms with E-state index in [2.05, 4.69) is 11.1 Å². The average Bonchev–Trinajstić information content (AvgIpc) is 2.93. The van der Waals surface area contributed by atoms with Crippen LogP contribution < -0.4 is 0 Å². The Hall–Kier alpha value is -1.86. The molecule has 0 aliphatic heterocycles. The molecule has 0 unspecified atom stereocenters. The molecular formula is C19H15F4NS2. The maximum Gasteiger partial charge on any atom is 0.419 e. The third-order valence-electron chi connectivity index (χ3n) is 3.77. The highest BCUT2D eigenvalue weighted by molar-refractivity contribution is 7.98. The smallest absolute Gasteiger partial charge is 0.241 e. The van der Waals surface area contributed by atoms with Crippen LogP contribution in [0.25, 0.3) is 10.6 Å². The van der Waals surface area contributed by atoms with Crippen LogP contribution in [0.5, 0.6) is 0 Å². The fourth-order valence-electron chi connectivity index (χ4n) is 2.42. The highest BCUT2D eigenvalue weighted by Gasteiger charge is 2.34. The maximum atomic E-state index is 13.8. The van der Waals surface area contributed by atoms with E-state index >= 15 is 0 Å². The molecule has 2 aromatic carbocycles. The summed E-state index contributed by atoms with van der Waals surface area (Å²) in [7, 11) is 0. The molecule has 0 aliphatic rings. The van der Waals surface area contributed by atoms with Gasteiger partial charge in [-0.15, -0.1) is 23.1 Å². The van der Waals surface area contributed by atoms with Crippen LogP contribution in [0, 0.1) is 19.7 Å². The van der Waals surface area contributed by atoms with E-state index < -0.39 is 17.6 Å². The minimum Gasteiger partial charge on any atom is -0.241 e. The van der Waals surface area contributed by atoms with Crippen LogP contribution >= 0.6 is 23.1 Å². The zero-order valence-electron chi connectivity index (χ0n) is 14.0. The van der Waals surface area contributed by atoms with Gasteiger partial charge in [0.2, 0.25) is 0 Å². The van der Waals surface area contributed by atoms with Gasteiger partial charge in [0.05, 0.1) is 11.3 Å². The van der Waals surface area contributed by atoms with E-state index in [1.54, 1.807) is 11.8 Å². The summed E-state index contributed by atoms with van der Waals surface area (Å²) >= 11 is 3.05. The van der Waals surface area contributed by atoms with Gasteiger partial charge in [0.1, 0.15) is 10.8 Å². The Kier molecular flexibility index (Phi) is 5.39. The molecule has 3 aromatic rings. The Labute approximate surface area is 157 Å². The molecule has 0 radical (unpaired) electrons. The molecule has 26 heavy (non-hydrogen) atoms. The summed E-state index contributed by atoms with van der Waals surface area (Å²) in [5, 5.41) is 0.523. The molecule has 7 heteroatoms. The zero-order valence-corrected chi connectivity index (χ0v) is 15.7. The summed E-state index contributed by atoms with van der Waals surface area (Å²) in [6.45, 7) is 3.88. The van der Waals surface area contributed by atoms with Crippen molar-refractivity contribution >= 4 is 23.1 Å². The standard InChI is InChI=1S/C19H15F4NS2/c1-11-4-3-5-14(8-11)25-10-17-12(2)24-18(26-17)13-6-7-15(16(20)9-13)19(21,22)23/h3-9H,10H2,1-2H3. The predicted octanol–water partition coefficient (Wildman–Crippen LogP) is 6.88. The molecule has 1 heterocycles. The van der Waals surface area contributed by atoms with Gasteiger partial charge >= 0.3 is 6.18 Å². The van der Waals surface area contributed by atoms with Crippen molar-refractivity contribution in [1.29, 1.82) is 0 Å². The van der Waals surface area contributed by atoms with Crippen molar-refractivity contribution < 1.29 is 17.6 Å². The summed E-state index contributed by atoms with van der Waals surface area (Å²) < 4.78 is 51.9. The average molecular weight is 397 g/mol. The van der Waals surface area contributed by atoms with Crippen LogP contribution in [0.2, 0.25) is 0 Å². The number of hydrogen-bond acceptors (Lipinski definition) is 3. The van der Waals surface area contributed by atoms with Crippen LogP contribution in [0.15, 0.2) is 47.4 Å². The van der Waals surface area contributed by atoms with Gasteiger partial charge in [-0.05, 0) is 38.1 Å². The Morgan fingerprint density at radius 1 is 1.08 bits per heavy atom. The second-order valence-corrected chi connectivity index (χ2v) is 7.96. The van der Waals surface area contributed by atoms with E-state index in [1.165, 1.54) is 23.0 Å². The first-order valence-corrected chi connectivity index (χ1v) is 9.57. The lowest BCUT2D eigenvalue weighted by Gasteiger charge is -2.08. The van der Waals surface area contributed by atoms with Gasteiger partial charge < -0.3 is 0 Å². The quantitative estimate of drug-likeness (QED) is 0.352. The van der Waals surface area contributed by atoms with Gasteiger partial charge in [-0.3, -0.25) is 0 Å². The number of aryl methyl sites for hydroxylation is 2. The van der Waals surface area contributed by atoms with Gasteiger partial charge in [-0.2, -0.15) is 13.2 Å². The van der Waals surface area contributed by atoms with Crippen molar-refractivity contribution in [3.8, 4) is 10.6 Å². The molecule has 0 saturated heterocycles. The fourth-order valence-corrected chi connectivity index (χ4v) is 4.63. The number of aromatic nitrogens is 1. The number of thiazole rings is 1. The highest BCUT2D eigenvalue weighted by atomic mass is 32.2. The molecule has 0 spiro atoms. The maximum absolute atomic E-state index is 13.8. The topological polar surface area (TPSA) is 12.9 Å². The van der Waals surface area contributed by atoms with E-state index in [-0.39, 0.29) is 0 Å². The molecule has 0 amide bonds. The van der Waals surface area contributed by atoms with Crippen LogP contribution in [0.1, 0.15) is 21.7 Å². The molecular weight excluding hydrogens is 382 g/mol. The molecule has 3 rings (SSSR count). The molecule has 0 fully saturated rings. The van der Waals surface area contributed by atoms with Gasteiger partial charge in [0, 0.05) is 21.1 Å². The minimum absolute atomic E-state index is 0.357. The summed E-state index contributed by atoms with van der Waals surface area (Å²) in [6.07, 6.45) is -4.70. The Morgan fingerprint density at radius 2 is 1.85 bits per heavy atom. The van der Waals surface area contributed by atoms with E-state index in [9.17, 15) is 17.6 Å². The number of benzene rings is 2. The summed E-state index contributed by atoms with van der Waals surface area (Å²) in [5.41, 5.74) is 1.09. The lowest BCUT2D eigenvalue weighted by molar-refractivity contribution is -0.139. The highest BCUT2D eigenvalue weighted by Crippen LogP contribution is 2.36. The second kappa shape index (κ2) is 7.40. The minimum atomic E-state index is -4.70. The molecule has 0 atom stereocenters. The van der Waals surface area contributed by atoms with E-state index in [0.717, 1.165) is 27.6 Å². The predicted molar refractivity (Wildman–Crippen MR) is 98.0 cm³/mol. The normalized spacial score (nSPS) is 11.8. The Balaban J connectivity index is 1.81. The van der Waals surface area contributed by atoms with Crippen LogP contribution in [-0.2, 0) is 11.9 Å². The lowest BCUT2D eigenvalue weighted by Crippen LogP contribution is -2.07. The zero-order chi connectivity index (χ0) is 18.9. The van der Waals surface area contributed by atoms with Crippen molar-refractivity contribution in [3.63, 3.8) is 0 Å². The third-order valence-corrected chi connectivity index (χ3v) is 6.18. The van der Waals surface area contributed by atoms with Crippen molar-refractivity contribution in [2.45, 2.75) is 30.7 Å². The van der Waals surface area contributed by atoms with Gasteiger partial charge in [0.15, 0.2) is 0 Å². The third kappa shape index (κ3) is 4.27. The second-order valence-electron chi connectivity index (χ2n) is 5.83. The fraction of sp³-hybridized carbons (Fsp3) is 0.211. The van der Waals surface area contributed by atoms with Crippen LogP contribution in [-0.4, -0.2) is 4.98 Å². The molecule has 0 bridgehead atoms. The molecule has 1 aromatic heterocycles. The van der Waals surface area contributed by atoms with E-state index in [4.69, 9.17) is 0 Å². The van der Waals surface area contributed by atoms with Crippen LogP contribution in [0.4, 0.5) is 17.6 Å². The number of alkyl halides is 3. The van der Waals surface area contributed by atoms with E-state index in [1.807, 2.05) is 32.0 Å². The van der Waals surface area contributed by atoms with Crippen LogP contribution in [0.3, 0.4) is 0 Å². The monoisotopic (exact) mass is 397 g/mol. The first kappa shape index (κ1) is 18.9. The molecule has 0 N–H and O–H groups in total. The lowest BCUT2D eigenvalue weighted by atomic mass is 10.1. The number of rotatable bonds is 4. The van der Waals surface area contributed by atoms with Crippen molar-refractivity contribution in [2.75, 3.05) is 0 Å². The first-order chi connectivity index (χ1) is 12.2. The van der Waals surface area contributed by atoms with E-state index in [0.29, 0.717) is 16.3 Å². The number of thioether (sulfide) groups is 1. The van der Waals surface area contributed by atoms with Crippen molar-refractivity contribution in [2.24, 2.45) is 0 Å². The Bertz CT molecular complexity index is 932. The first-order valence-electron chi connectivity index (χ1n) is 7.77. The molecule has 0 aliphatic carbocycles. The summed E-state index contributed by atoms with van der Waals surface area (Å²) in [6, 6.07) is 11.1. The number of nitrogens with zero attached hydrogens (tertiary/aromatic N) is 1. The SMILES string of the molecule is Cc1cccc(SCc2sc(-c3ccc(C(F)(F)F)c(F)c3)nc2C)c1. The van der Waals surface area contributed by atoms with Gasteiger partial charge in [-0.25, -0.2) is 9.37 Å². The summed E-state index contributed by atoms with van der Waals surface area (Å²) in [4.78, 5) is 6.56. The molecule has 0 saturated carbocycles. The molecule has 1 nitrogen and oxygen atoms in total. The number of hydrogen-bond donors (Lipinski definition) is 0. The van der Waals surface area contributed by atoms with Crippen molar-refractivity contribution in [1.82, 2.24) is 4.98 Å². The van der Waals surface area contributed by atoms with Crippen molar-refractivity contribution in [3.05, 3.63) is 70.0 Å². The largest absolute Gasteiger partial charge is 0.419 e. The molecule has 136 valence electrons. The Morgan fingerprint density at radius 3 is 2.50 bits per heavy atom.